The second kappa shape index (κ2) is 3.74. The van der Waals surface area contributed by atoms with Gasteiger partial charge in [-0.05, 0) is 17.5 Å². The number of hydrogen-bond donors (Lipinski definition) is 3. The molecule has 15 heavy (non-hydrogen) atoms. The first-order chi connectivity index (χ1) is 7.16. The Morgan fingerprint density at radius 3 is 2.87 bits per heavy atom. The van der Waals surface area contributed by atoms with Crippen molar-refractivity contribution in [1.82, 2.24) is 4.98 Å². The zero-order valence-corrected chi connectivity index (χ0v) is 8.10. The highest BCUT2D eigenvalue weighted by molar-refractivity contribution is 5.80. The Labute approximate surface area is 86.7 Å². The molecule has 0 unspecified atom stereocenters. The Morgan fingerprint density at radius 1 is 1.47 bits per heavy atom. The average molecular weight is 204 g/mol. The van der Waals surface area contributed by atoms with E-state index in [1.165, 1.54) is 0 Å². The topological polar surface area (TPSA) is 79.1 Å². The highest BCUT2D eigenvalue weighted by Crippen LogP contribution is 2.20. The number of nitrogens with one attached hydrogen (secondary N) is 1. The number of aromatic nitrogens is 1. The van der Waals surface area contributed by atoms with Crippen LogP contribution < -0.4 is 5.73 Å². The first-order valence-corrected chi connectivity index (χ1v) is 4.72. The number of carboxylic acid groups (broad SMARTS) is 1. The van der Waals surface area contributed by atoms with E-state index in [1.54, 1.807) is 0 Å². The standard InChI is InChI=1S/C11H12N2O2/c12-8(6-11(14)15)10-5-7-3-1-2-4-9(7)13-10/h1-5,8,13H,6,12H2,(H,14,15)/t8-/m1/s1. The van der Waals surface area contributed by atoms with Gasteiger partial charge < -0.3 is 15.8 Å². The number of H-pyrrole nitrogens is 1. The van der Waals surface area contributed by atoms with Crippen molar-refractivity contribution < 1.29 is 9.90 Å². The van der Waals surface area contributed by atoms with Crippen LogP contribution in [0.5, 0.6) is 0 Å². The van der Waals surface area contributed by atoms with Crippen LogP contribution in [0.25, 0.3) is 10.9 Å². The van der Waals surface area contributed by atoms with E-state index in [9.17, 15) is 4.79 Å². The zero-order valence-electron chi connectivity index (χ0n) is 8.10. The summed E-state index contributed by atoms with van der Waals surface area (Å²) in [7, 11) is 0. The van der Waals surface area contributed by atoms with Gasteiger partial charge in [0.15, 0.2) is 0 Å². The van der Waals surface area contributed by atoms with Gasteiger partial charge in [0, 0.05) is 11.2 Å². The molecular formula is C11H12N2O2. The van der Waals surface area contributed by atoms with E-state index in [4.69, 9.17) is 10.8 Å². The minimum Gasteiger partial charge on any atom is -0.481 e. The summed E-state index contributed by atoms with van der Waals surface area (Å²) in [5, 5.41) is 9.68. The SMILES string of the molecule is N[C@H](CC(=O)O)c1cc2ccccc2[nH]1. The Morgan fingerprint density at radius 2 is 2.20 bits per heavy atom. The summed E-state index contributed by atoms with van der Waals surface area (Å²) in [6, 6.07) is 9.17. The fourth-order valence-electron chi connectivity index (χ4n) is 1.59. The van der Waals surface area contributed by atoms with E-state index in [1.807, 2.05) is 30.3 Å². The second-order valence-electron chi connectivity index (χ2n) is 3.52. The van der Waals surface area contributed by atoms with Crippen molar-refractivity contribution in [2.75, 3.05) is 0 Å². The molecule has 0 fully saturated rings. The Bertz CT molecular complexity index is 457. The second-order valence-corrected chi connectivity index (χ2v) is 3.52. The molecule has 2 aromatic rings. The molecule has 0 saturated heterocycles. The molecule has 1 atom stereocenters. The number of carboxylic acids is 1. The average Bonchev–Trinajstić information content (AvgIpc) is 2.59. The van der Waals surface area contributed by atoms with E-state index in [2.05, 4.69) is 4.98 Å². The number of hydrogen-bond acceptors (Lipinski definition) is 2. The van der Waals surface area contributed by atoms with E-state index in [-0.39, 0.29) is 6.42 Å². The van der Waals surface area contributed by atoms with Crippen molar-refractivity contribution in [1.29, 1.82) is 0 Å². The van der Waals surface area contributed by atoms with Gasteiger partial charge in [0.1, 0.15) is 0 Å². The molecule has 2 rings (SSSR count). The Kier molecular flexibility index (Phi) is 2.43. The summed E-state index contributed by atoms with van der Waals surface area (Å²) in [6.07, 6.45) is -0.0627. The van der Waals surface area contributed by atoms with Crippen molar-refractivity contribution in [3.05, 3.63) is 36.0 Å². The molecule has 4 nitrogen and oxygen atoms in total. The molecular weight excluding hydrogens is 192 g/mol. The third kappa shape index (κ3) is 1.99. The molecule has 0 saturated carbocycles. The molecule has 0 spiro atoms. The lowest BCUT2D eigenvalue weighted by atomic mass is 10.1. The zero-order chi connectivity index (χ0) is 10.8. The largest absolute Gasteiger partial charge is 0.481 e. The number of aliphatic carboxylic acids is 1. The predicted octanol–water partition coefficient (Wildman–Crippen LogP) is 1.64. The van der Waals surface area contributed by atoms with Crippen molar-refractivity contribution in [2.45, 2.75) is 12.5 Å². The number of nitrogens with two attached hydrogens (primary N) is 1. The van der Waals surface area contributed by atoms with Gasteiger partial charge in [-0.25, -0.2) is 0 Å². The first-order valence-electron chi connectivity index (χ1n) is 4.72. The van der Waals surface area contributed by atoms with E-state index in [0.717, 1.165) is 16.6 Å². The number of benzene rings is 1. The lowest BCUT2D eigenvalue weighted by Crippen LogP contribution is -2.15. The fraction of sp³-hybridized carbons (Fsp3) is 0.182. The van der Waals surface area contributed by atoms with Crippen molar-refractivity contribution >= 4 is 16.9 Å². The Balaban J connectivity index is 2.32. The lowest BCUT2D eigenvalue weighted by molar-refractivity contribution is -0.137. The molecule has 0 bridgehead atoms. The molecule has 0 radical (unpaired) electrons. The molecule has 4 heteroatoms. The quantitative estimate of drug-likeness (QED) is 0.711. The predicted molar refractivity (Wildman–Crippen MR) is 57.5 cm³/mol. The number of carbonyl (C=O) groups is 1. The van der Waals surface area contributed by atoms with Crippen LogP contribution in [0.2, 0.25) is 0 Å². The summed E-state index contributed by atoms with van der Waals surface area (Å²) in [4.78, 5) is 13.6. The molecule has 1 heterocycles. The van der Waals surface area contributed by atoms with Crippen molar-refractivity contribution in [2.24, 2.45) is 5.73 Å². The lowest BCUT2D eigenvalue weighted by Gasteiger charge is -2.05. The molecule has 0 aliphatic rings. The summed E-state index contributed by atoms with van der Waals surface area (Å²) in [6.45, 7) is 0. The number of rotatable bonds is 3. The van der Waals surface area contributed by atoms with E-state index < -0.39 is 12.0 Å². The van der Waals surface area contributed by atoms with E-state index >= 15 is 0 Å². The maximum atomic E-state index is 10.5. The van der Waals surface area contributed by atoms with Crippen LogP contribution in [-0.4, -0.2) is 16.1 Å². The van der Waals surface area contributed by atoms with Crippen LogP contribution in [0.4, 0.5) is 0 Å². The van der Waals surface area contributed by atoms with Crippen LogP contribution in [0.15, 0.2) is 30.3 Å². The summed E-state index contributed by atoms with van der Waals surface area (Å²) < 4.78 is 0. The third-order valence-corrected chi connectivity index (χ3v) is 2.34. The normalized spacial score (nSPS) is 12.9. The molecule has 1 aromatic heterocycles. The smallest absolute Gasteiger partial charge is 0.305 e. The molecule has 1 aromatic carbocycles. The van der Waals surface area contributed by atoms with Gasteiger partial charge in [0.05, 0.1) is 12.5 Å². The monoisotopic (exact) mass is 204 g/mol. The van der Waals surface area contributed by atoms with Crippen LogP contribution in [0, 0.1) is 0 Å². The van der Waals surface area contributed by atoms with Gasteiger partial charge in [0.25, 0.3) is 0 Å². The molecule has 0 amide bonds. The summed E-state index contributed by atoms with van der Waals surface area (Å²) in [5.41, 5.74) is 7.49. The number of fused-ring (bicyclic) bond motifs is 1. The van der Waals surface area contributed by atoms with Gasteiger partial charge >= 0.3 is 5.97 Å². The minimum atomic E-state index is -0.888. The summed E-state index contributed by atoms with van der Waals surface area (Å²) >= 11 is 0. The number of para-hydroxylation sites is 1. The Hall–Kier alpha value is -1.81. The highest BCUT2D eigenvalue weighted by atomic mass is 16.4. The highest BCUT2D eigenvalue weighted by Gasteiger charge is 2.12. The number of aromatic amines is 1. The van der Waals surface area contributed by atoms with Crippen LogP contribution in [0.1, 0.15) is 18.2 Å². The van der Waals surface area contributed by atoms with Gasteiger partial charge in [-0.15, -0.1) is 0 Å². The van der Waals surface area contributed by atoms with Gasteiger partial charge in [-0.2, -0.15) is 0 Å². The first kappa shape index (κ1) is 9.73. The van der Waals surface area contributed by atoms with Gasteiger partial charge in [0.2, 0.25) is 0 Å². The van der Waals surface area contributed by atoms with Gasteiger partial charge in [-0.3, -0.25) is 4.79 Å². The minimum absolute atomic E-state index is 0.0627. The third-order valence-electron chi connectivity index (χ3n) is 2.34. The van der Waals surface area contributed by atoms with E-state index in [0.29, 0.717) is 0 Å². The van der Waals surface area contributed by atoms with Gasteiger partial charge in [-0.1, -0.05) is 18.2 Å². The van der Waals surface area contributed by atoms with Crippen molar-refractivity contribution in [3.8, 4) is 0 Å². The van der Waals surface area contributed by atoms with Crippen LogP contribution in [-0.2, 0) is 4.79 Å². The maximum absolute atomic E-state index is 10.5. The molecule has 4 N–H and O–H groups in total. The fourth-order valence-corrected chi connectivity index (χ4v) is 1.59. The summed E-state index contributed by atoms with van der Waals surface area (Å²) in [5.74, 6) is -0.888. The van der Waals surface area contributed by atoms with Crippen LogP contribution >= 0.6 is 0 Å². The molecule has 0 aliphatic heterocycles. The van der Waals surface area contributed by atoms with Crippen molar-refractivity contribution in [3.63, 3.8) is 0 Å². The molecule has 0 aliphatic carbocycles. The maximum Gasteiger partial charge on any atom is 0.305 e. The van der Waals surface area contributed by atoms with Crippen LogP contribution in [0.3, 0.4) is 0 Å². The molecule has 78 valence electrons.